The van der Waals surface area contributed by atoms with Crippen molar-refractivity contribution in [2.75, 3.05) is 17.6 Å². The summed E-state index contributed by atoms with van der Waals surface area (Å²) >= 11 is 0. The summed E-state index contributed by atoms with van der Waals surface area (Å²) in [6.07, 6.45) is 1.11. The highest BCUT2D eigenvalue weighted by molar-refractivity contribution is 5.72. The normalized spacial score (nSPS) is 13.1. The second-order valence-corrected chi connectivity index (χ2v) is 5.15. The first-order valence-electron chi connectivity index (χ1n) is 5.66. The minimum Gasteiger partial charge on any atom is -0.481 e. The van der Waals surface area contributed by atoms with Crippen molar-refractivity contribution in [1.82, 2.24) is 0 Å². The van der Waals surface area contributed by atoms with Gasteiger partial charge in [0.1, 0.15) is 0 Å². The zero-order chi connectivity index (χ0) is 13.1. The maximum Gasteiger partial charge on any atom is 0.308 e. The van der Waals surface area contributed by atoms with Crippen LogP contribution < -0.4 is 11.1 Å². The minimum absolute atomic E-state index is 0.583. The van der Waals surface area contributed by atoms with Crippen molar-refractivity contribution in [2.24, 2.45) is 5.41 Å². The molecular weight excluding hydrogens is 216 g/mol. The van der Waals surface area contributed by atoms with Crippen molar-refractivity contribution in [2.45, 2.75) is 27.2 Å². The number of anilines is 2. The first-order chi connectivity index (χ1) is 7.80. The van der Waals surface area contributed by atoms with Crippen LogP contribution >= 0.6 is 0 Å². The molecule has 1 aromatic carbocycles. The predicted octanol–water partition coefficient (Wildman–Crippen LogP) is 2.35. The summed E-state index contributed by atoms with van der Waals surface area (Å²) in [5, 5.41) is 11.5. The number of hydrogen-bond acceptors (Lipinski definition) is 3. The quantitative estimate of drug-likeness (QED) is 0.604. The molecule has 0 unspecified atom stereocenters. The van der Waals surface area contributed by atoms with Gasteiger partial charge in [-0.3, -0.25) is 4.79 Å². The van der Waals surface area contributed by atoms with Crippen LogP contribution in [0.25, 0.3) is 0 Å². The molecule has 1 aliphatic rings. The van der Waals surface area contributed by atoms with E-state index in [9.17, 15) is 4.79 Å². The van der Waals surface area contributed by atoms with Gasteiger partial charge in [-0.1, -0.05) is 0 Å². The number of carboxylic acid groups (broad SMARTS) is 1. The van der Waals surface area contributed by atoms with E-state index < -0.39 is 11.4 Å². The summed E-state index contributed by atoms with van der Waals surface area (Å²) in [7, 11) is 0. The van der Waals surface area contributed by atoms with Gasteiger partial charge >= 0.3 is 5.97 Å². The van der Waals surface area contributed by atoms with Crippen LogP contribution in [0.5, 0.6) is 0 Å². The van der Waals surface area contributed by atoms with Crippen LogP contribution in [0.4, 0.5) is 11.4 Å². The fourth-order valence-corrected chi connectivity index (χ4v) is 1.32. The lowest BCUT2D eigenvalue weighted by molar-refractivity contribution is -0.145. The van der Waals surface area contributed by atoms with Crippen molar-refractivity contribution in [3.05, 3.63) is 23.8 Å². The highest BCUT2D eigenvalue weighted by Crippen LogP contribution is 2.23. The molecule has 0 amide bonds. The second-order valence-electron chi connectivity index (χ2n) is 5.15. The molecule has 0 bridgehead atoms. The van der Waals surface area contributed by atoms with Crippen LogP contribution in [0.1, 0.15) is 26.3 Å². The molecule has 0 saturated carbocycles. The number of hydrogen-bond donors (Lipinski definition) is 3. The summed E-state index contributed by atoms with van der Waals surface area (Å²) in [4.78, 5) is 10.0. The largest absolute Gasteiger partial charge is 0.481 e. The lowest BCUT2D eigenvalue weighted by Crippen LogP contribution is -2.18. The Morgan fingerprint density at radius 3 is 2.53 bits per heavy atom. The molecule has 1 aliphatic heterocycles. The van der Waals surface area contributed by atoms with E-state index in [-0.39, 0.29) is 0 Å². The van der Waals surface area contributed by atoms with Crippen LogP contribution in [0.3, 0.4) is 0 Å². The summed E-state index contributed by atoms with van der Waals surface area (Å²) in [6.45, 7) is 6.04. The third kappa shape index (κ3) is 3.98. The van der Waals surface area contributed by atoms with Gasteiger partial charge in [-0.15, -0.1) is 0 Å². The molecule has 1 heterocycles. The van der Waals surface area contributed by atoms with E-state index in [0.717, 1.165) is 18.7 Å². The Hall–Kier alpha value is -1.71. The van der Waals surface area contributed by atoms with Gasteiger partial charge in [0.15, 0.2) is 0 Å². The van der Waals surface area contributed by atoms with Gasteiger partial charge in [0.2, 0.25) is 0 Å². The number of nitrogens with one attached hydrogen (secondary N) is 1. The molecule has 0 spiro atoms. The Labute approximate surface area is 102 Å². The third-order valence-corrected chi connectivity index (χ3v) is 2.48. The molecule has 0 atom stereocenters. The van der Waals surface area contributed by atoms with E-state index in [1.807, 2.05) is 18.2 Å². The summed E-state index contributed by atoms with van der Waals surface area (Å²) in [5.74, 6) is -0.757. The molecule has 4 heteroatoms. The molecular formula is C13H20N2O2. The van der Waals surface area contributed by atoms with E-state index in [1.165, 1.54) is 11.3 Å². The summed E-state index contributed by atoms with van der Waals surface area (Å²) in [6, 6.07) is 6.00. The van der Waals surface area contributed by atoms with Crippen molar-refractivity contribution >= 4 is 17.3 Å². The van der Waals surface area contributed by atoms with E-state index in [4.69, 9.17) is 10.8 Å². The average molecular weight is 236 g/mol. The average Bonchev–Trinajstić information content (AvgIpc) is 2.63. The van der Waals surface area contributed by atoms with Crippen molar-refractivity contribution in [3.63, 3.8) is 0 Å². The lowest BCUT2D eigenvalue weighted by atomic mass is 9.98. The van der Waals surface area contributed by atoms with Crippen LogP contribution in [0.2, 0.25) is 0 Å². The first kappa shape index (κ1) is 13.4. The fraction of sp³-hybridized carbons (Fsp3) is 0.462. The Morgan fingerprint density at radius 1 is 1.41 bits per heavy atom. The van der Waals surface area contributed by atoms with Gasteiger partial charge in [0.25, 0.3) is 0 Å². The topological polar surface area (TPSA) is 75.3 Å². The monoisotopic (exact) mass is 236 g/mol. The zero-order valence-electron chi connectivity index (χ0n) is 10.6. The molecule has 0 saturated heterocycles. The highest BCUT2D eigenvalue weighted by atomic mass is 16.4. The first-order valence-corrected chi connectivity index (χ1v) is 5.66. The van der Waals surface area contributed by atoms with Crippen LogP contribution in [-0.4, -0.2) is 17.6 Å². The summed E-state index contributed by atoms with van der Waals surface area (Å²) in [5.41, 5.74) is 8.47. The Morgan fingerprint density at radius 2 is 2.00 bits per heavy atom. The molecule has 17 heavy (non-hydrogen) atoms. The molecule has 1 aromatic rings. The van der Waals surface area contributed by atoms with Gasteiger partial charge in [-0.05, 0) is 51.0 Å². The molecule has 0 radical (unpaired) electrons. The molecule has 0 aliphatic carbocycles. The van der Waals surface area contributed by atoms with Crippen LogP contribution in [0.15, 0.2) is 18.2 Å². The number of carboxylic acids is 1. The number of rotatable bonds is 0. The van der Waals surface area contributed by atoms with Gasteiger partial charge in [-0.2, -0.15) is 0 Å². The maximum absolute atomic E-state index is 10.0. The number of nitrogens with two attached hydrogens (primary N) is 1. The van der Waals surface area contributed by atoms with Gasteiger partial charge < -0.3 is 16.2 Å². The van der Waals surface area contributed by atoms with Gasteiger partial charge in [0, 0.05) is 17.9 Å². The van der Waals surface area contributed by atoms with Crippen molar-refractivity contribution < 1.29 is 9.90 Å². The molecule has 94 valence electrons. The summed E-state index contributed by atoms with van der Waals surface area (Å²) < 4.78 is 0. The highest BCUT2D eigenvalue weighted by Gasteiger charge is 2.18. The minimum atomic E-state index is -0.757. The number of carbonyl (C=O) groups is 1. The predicted molar refractivity (Wildman–Crippen MR) is 70.1 cm³/mol. The van der Waals surface area contributed by atoms with Crippen LogP contribution in [-0.2, 0) is 11.2 Å². The molecule has 2 rings (SSSR count). The third-order valence-electron chi connectivity index (χ3n) is 2.48. The molecule has 4 N–H and O–H groups in total. The Balaban J connectivity index is 0.000000185. The maximum atomic E-state index is 10.0. The van der Waals surface area contributed by atoms with E-state index in [2.05, 4.69) is 5.32 Å². The number of benzene rings is 1. The second kappa shape index (κ2) is 5.08. The number of nitrogen functional groups attached to an aromatic ring is 1. The van der Waals surface area contributed by atoms with E-state index in [1.54, 1.807) is 20.8 Å². The van der Waals surface area contributed by atoms with Crippen molar-refractivity contribution in [3.8, 4) is 0 Å². The Bertz CT molecular complexity index is 408. The van der Waals surface area contributed by atoms with E-state index in [0.29, 0.717) is 0 Å². The van der Waals surface area contributed by atoms with Crippen molar-refractivity contribution in [1.29, 1.82) is 0 Å². The standard InChI is InChI=1S/C8H10N2.C5H10O2/c9-7-1-2-8-6(5-7)3-4-10-8;1-5(2,3)4(6)7/h1-2,5,10H,3-4,9H2;1-3H3,(H,6,7). The van der Waals surface area contributed by atoms with E-state index >= 15 is 0 Å². The van der Waals surface area contributed by atoms with Crippen LogP contribution in [0, 0.1) is 5.41 Å². The Kier molecular flexibility index (Phi) is 3.99. The molecule has 0 aromatic heterocycles. The molecule has 0 fully saturated rings. The SMILES string of the molecule is CC(C)(C)C(=O)O.Nc1ccc2c(c1)CCN2. The zero-order valence-corrected chi connectivity index (χ0v) is 10.6. The fourth-order valence-electron chi connectivity index (χ4n) is 1.32. The van der Waals surface area contributed by atoms with Gasteiger partial charge in [0.05, 0.1) is 5.41 Å². The number of aliphatic carboxylic acids is 1. The molecule has 4 nitrogen and oxygen atoms in total. The smallest absolute Gasteiger partial charge is 0.308 e. The van der Waals surface area contributed by atoms with Gasteiger partial charge in [-0.25, -0.2) is 0 Å². The number of fused-ring (bicyclic) bond motifs is 1. The lowest BCUT2D eigenvalue weighted by Gasteiger charge is -2.08.